The highest BCUT2D eigenvalue weighted by atomic mass is 16.5. The maximum absolute atomic E-state index is 11.9. The summed E-state index contributed by atoms with van der Waals surface area (Å²) < 4.78 is 11.1. The van der Waals surface area contributed by atoms with Crippen molar-refractivity contribution >= 4 is 11.9 Å². The minimum Gasteiger partial charge on any atom is -0.376 e. The molecule has 0 aromatic carbocycles. The van der Waals surface area contributed by atoms with E-state index in [9.17, 15) is 4.79 Å². The van der Waals surface area contributed by atoms with Crippen LogP contribution in [0, 0.1) is 6.92 Å². The summed E-state index contributed by atoms with van der Waals surface area (Å²) in [5.41, 5.74) is 0.805. The third-order valence-corrected chi connectivity index (χ3v) is 3.21. The number of aromatic nitrogens is 2. The highest BCUT2D eigenvalue weighted by Crippen LogP contribution is 2.13. The molecule has 0 unspecified atom stereocenters. The van der Waals surface area contributed by atoms with Gasteiger partial charge in [0.1, 0.15) is 6.10 Å². The lowest BCUT2D eigenvalue weighted by Gasteiger charge is -2.23. The molecule has 0 aliphatic carbocycles. The maximum Gasteiger partial charge on any atom is 0.255 e. The van der Waals surface area contributed by atoms with E-state index in [0.29, 0.717) is 12.6 Å². The third-order valence-electron chi connectivity index (χ3n) is 3.21. The standard InChI is InChI=1S/C14H21N3O3/c1-10-6-7-15-14(16-10)17-13(18)11(2)20-9-12-5-3-4-8-19-12/h6-7,11-12H,3-5,8-9H2,1-2H3,(H,15,16,17,18)/t11-,12+/m0/s1. The predicted octanol–water partition coefficient (Wildman–Crippen LogP) is 1.70. The normalized spacial score (nSPS) is 20.4. The topological polar surface area (TPSA) is 73.3 Å². The fourth-order valence-electron chi connectivity index (χ4n) is 1.99. The van der Waals surface area contributed by atoms with Gasteiger partial charge in [0.15, 0.2) is 0 Å². The molecule has 6 nitrogen and oxygen atoms in total. The number of amides is 1. The van der Waals surface area contributed by atoms with Gasteiger partial charge >= 0.3 is 0 Å². The van der Waals surface area contributed by atoms with E-state index in [1.54, 1.807) is 19.2 Å². The van der Waals surface area contributed by atoms with Gasteiger partial charge in [0.2, 0.25) is 5.95 Å². The van der Waals surface area contributed by atoms with Gasteiger partial charge in [-0.1, -0.05) is 0 Å². The number of hydrogen-bond acceptors (Lipinski definition) is 5. The molecule has 0 bridgehead atoms. The first-order valence-electron chi connectivity index (χ1n) is 6.99. The summed E-state index contributed by atoms with van der Waals surface area (Å²) in [6, 6.07) is 1.77. The number of hydrogen-bond donors (Lipinski definition) is 1. The van der Waals surface area contributed by atoms with Crippen molar-refractivity contribution in [3.05, 3.63) is 18.0 Å². The lowest BCUT2D eigenvalue weighted by Crippen LogP contribution is -2.33. The predicted molar refractivity (Wildman–Crippen MR) is 74.4 cm³/mol. The highest BCUT2D eigenvalue weighted by molar-refractivity contribution is 5.92. The van der Waals surface area contributed by atoms with Crippen LogP contribution >= 0.6 is 0 Å². The van der Waals surface area contributed by atoms with Crippen LogP contribution in [0.15, 0.2) is 12.3 Å². The number of carbonyl (C=O) groups is 1. The number of aryl methyl sites for hydroxylation is 1. The van der Waals surface area contributed by atoms with Crippen molar-refractivity contribution in [3.63, 3.8) is 0 Å². The van der Waals surface area contributed by atoms with Crippen LogP contribution in [0.3, 0.4) is 0 Å². The molecule has 1 aromatic rings. The second-order valence-corrected chi connectivity index (χ2v) is 4.98. The summed E-state index contributed by atoms with van der Waals surface area (Å²) >= 11 is 0. The van der Waals surface area contributed by atoms with E-state index in [2.05, 4.69) is 15.3 Å². The monoisotopic (exact) mass is 279 g/mol. The van der Waals surface area contributed by atoms with Gasteiger partial charge < -0.3 is 9.47 Å². The third kappa shape index (κ3) is 4.54. The first kappa shape index (κ1) is 14.9. The summed E-state index contributed by atoms with van der Waals surface area (Å²) in [5.74, 6) is 0.0609. The van der Waals surface area contributed by atoms with Gasteiger partial charge in [-0.3, -0.25) is 10.1 Å². The summed E-state index contributed by atoms with van der Waals surface area (Å²) in [5, 5.41) is 2.64. The fourth-order valence-corrected chi connectivity index (χ4v) is 1.99. The Balaban J connectivity index is 1.76. The molecule has 2 heterocycles. The summed E-state index contributed by atoms with van der Waals surface area (Å²) in [4.78, 5) is 20.1. The Morgan fingerprint density at radius 2 is 2.45 bits per heavy atom. The Morgan fingerprint density at radius 3 is 3.15 bits per heavy atom. The van der Waals surface area contributed by atoms with Crippen LogP contribution in [-0.2, 0) is 14.3 Å². The molecular weight excluding hydrogens is 258 g/mol. The fraction of sp³-hybridized carbons (Fsp3) is 0.643. The van der Waals surface area contributed by atoms with Crippen LogP contribution in [0.4, 0.5) is 5.95 Å². The highest BCUT2D eigenvalue weighted by Gasteiger charge is 2.19. The molecular formula is C14H21N3O3. The molecule has 1 aromatic heterocycles. The largest absolute Gasteiger partial charge is 0.376 e. The van der Waals surface area contributed by atoms with Crippen LogP contribution in [0.2, 0.25) is 0 Å². The SMILES string of the molecule is Cc1ccnc(NC(=O)[C@H](C)OC[C@H]2CCCCO2)n1. The number of nitrogens with one attached hydrogen (secondary N) is 1. The van der Waals surface area contributed by atoms with Crippen LogP contribution in [-0.4, -0.2) is 41.3 Å². The van der Waals surface area contributed by atoms with Crippen molar-refractivity contribution in [3.8, 4) is 0 Å². The number of nitrogens with zero attached hydrogens (tertiary/aromatic N) is 2. The summed E-state index contributed by atoms with van der Waals surface area (Å²) in [6.07, 6.45) is 4.43. The Bertz CT molecular complexity index is 447. The van der Waals surface area contributed by atoms with Crippen LogP contribution in [0.1, 0.15) is 31.9 Å². The first-order chi connectivity index (χ1) is 9.65. The lowest BCUT2D eigenvalue weighted by molar-refractivity contribution is -0.130. The van der Waals surface area contributed by atoms with Gasteiger partial charge in [-0.15, -0.1) is 0 Å². The molecule has 1 aliphatic heterocycles. The van der Waals surface area contributed by atoms with Crippen molar-refractivity contribution in [1.29, 1.82) is 0 Å². The molecule has 0 spiro atoms. The Labute approximate surface area is 118 Å². The van der Waals surface area contributed by atoms with Crippen LogP contribution < -0.4 is 5.32 Å². The van der Waals surface area contributed by atoms with E-state index in [1.807, 2.05) is 6.92 Å². The molecule has 2 rings (SSSR count). The number of carbonyl (C=O) groups excluding carboxylic acids is 1. The Kier molecular flexibility index (Phi) is 5.43. The van der Waals surface area contributed by atoms with Crippen molar-refractivity contribution in [2.75, 3.05) is 18.5 Å². The molecule has 1 saturated heterocycles. The zero-order valence-corrected chi connectivity index (χ0v) is 12.0. The van der Waals surface area contributed by atoms with Gasteiger partial charge in [0.25, 0.3) is 5.91 Å². The summed E-state index contributed by atoms with van der Waals surface area (Å²) in [6.45, 7) is 4.79. The summed E-state index contributed by atoms with van der Waals surface area (Å²) in [7, 11) is 0. The molecule has 1 aliphatic rings. The van der Waals surface area contributed by atoms with E-state index in [0.717, 1.165) is 31.6 Å². The Hall–Kier alpha value is -1.53. The molecule has 6 heteroatoms. The minimum atomic E-state index is -0.551. The van der Waals surface area contributed by atoms with Crippen molar-refractivity contribution in [2.24, 2.45) is 0 Å². The lowest BCUT2D eigenvalue weighted by atomic mass is 10.1. The molecule has 2 atom stereocenters. The van der Waals surface area contributed by atoms with Gasteiger partial charge in [-0.2, -0.15) is 0 Å². The zero-order chi connectivity index (χ0) is 14.4. The smallest absolute Gasteiger partial charge is 0.255 e. The maximum atomic E-state index is 11.9. The average Bonchev–Trinajstić information content (AvgIpc) is 2.46. The molecule has 20 heavy (non-hydrogen) atoms. The van der Waals surface area contributed by atoms with E-state index in [4.69, 9.17) is 9.47 Å². The van der Waals surface area contributed by atoms with Crippen LogP contribution in [0.5, 0.6) is 0 Å². The zero-order valence-electron chi connectivity index (χ0n) is 12.0. The quantitative estimate of drug-likeness (QED) is 0.888. The number of ether oxygens (including phenoxy) is 2. The minimum absolute atomic E-state index is 0.106. The average molecular weight is 279 g/mol. The first-order valence-corrected chi connectivity index (χ1v) is 6.99. The van der Waals surface area contributed by atoms with Crippen LogP contribution in [0.25, 0.3) is 0 Å². The molecule has 1 fully saturated rings. The van der Waals surface area contributed by atoms with E-state index < -0.39 is 6.10 Å². The molecule has 1 N–H and O–H groups in total. The van der Waals surface area contributed by atoms with E-state index >= 15 is 0 Å². The van der Waals surface area contributed by atoms with Crippen molar-refractivity contribution < 1.29 is 14.3 Å². The van der Waals surface area contributed by atoms with Crippen molar-refractivity contribution in [2.45, 2.75) is 45.3 Å². The van der Waals surface area contributed by atoms with Crippen molar-refractivity contribution in [1.82, 2.24) is 9.97 Å². The van der Waals surface area contributed by atoms with Gasteiger partial charge in [-0.25, -0.2) is 9.97 Å². The van der Waals surface area contributed by atoms with E-state index in [1.165, 1.54) is 0 Å². The number of anilines is 1. The van der Waals surface area contributed by atoms with Gasteiger partial charge in [0.05, 0.1) is 12.7 Å². The molecule has 110 valence electrons. The van der Waals surface area contributed by atoms with Gasteiger partial charge in [0, 0.05) is 18.5 Å². The molecule has 0 radical (unpaired) electrons. The molecule has 0 saturated carbocycles. The second-order valence-electron chi connectivity index (χ2n) is 4.98. The number of rotatable bonds is 5. The van der Waals surface area contributed by atoms with Gasteiger partial charge in [-0.05, 0) is 39.2 Å². The second kappa shape index (κ2) is 7.31. The van der Waals surface area contributed by atoms with E-state index in [-0.39, 0.29) is 12.0 Å². The molecule has 1 amide bonds. The Morgan fingerprint density at radius 1 is 1.60 bits per heavy atom.